The molecule has 3 rings (SSSR count). The topological polar surface area (TPSA) is 112 Å². The summed E-state index contributed by atoms with van der Waals surface area (Å²) in [5.41, 5.74) is 1.83. The van der Waals surface area contributed by atoms with Gasteiger partial charge in [-0.05, 0) is 43.0 Å². The standard InChI is InChI=1S/C28H36FN3O6.ClH/c1-8-36-21-12-17-13-32(27(30)23(17)24(29)26(21)37-9-2)14-20(33)16-10-18(28(3,4)5)25(38-15-22(34)35)19(11-16)31(6)7;/h10-12,30H,8-9,13-15H2,1-7H3,(H,34,35);1H. The monoisotopic (exact) mass is 565 g/mol. The molecule has 39 heavy (non-hydrogen) atoms. The maximum absolute atomic E-state index is 15.4. The molecule has 2 aromatic rings. The third-order valence-corrected chi connectivity index (χ3v) is 6.13. The molecule has 9 nitrogen and oxygen atoms in total. The highest BCUT2D eigenvalue weighted by molar-refractivity contribution is 6.06. The molecule has 0 amide bonds. The Hall–Kier alpha value is -3.53. The van der Waals surface area contributed by atoms with Gasteiger partial charge in [-0.3, -0.25) is 10.2 Å². The number of nitrogens with zero attached hydrogens (tertiary/aromatic N) is 2. The van der Waals surface area contributed by atoms with Gasteiger partial charge in [0.1, 0.15) is 11.6 Å². The van der Waals surface area contributed by atoms with Gasteiger partial charge < -0.3 is 29.1 Å². The molecule has 0 spiro atoms. The Bertz CT molecular complexity index is 1260. The lowest BCUT2D eigenvalue weighted by atomic mass is 9.84. The number of Topliss-reactive ketones (excluding diaryl/α,β-unsaturated/α-hetero) is 1. The number of ketones is 1. The van der Waals surface area contributed by atoms with Gasteiger partial charge in [0.2, 0.25) is 0 Å². The van der Waals surface area contributed by atoms with Crippen molar-refractivity contribution in [3.05, 3.63) is 46.3 Å². The lowest BCUT2D eigenvalue weighted by Gasteiger charge is -2.28. The number of carboxylic acid groups (broad SMARTS) is 1. The number of hydrogen-bond donors (Lipinski definition) is 2. The average molecular weight is 566 g/mol. The van der Waals surface area contributed by atoms with Crippen molar-refractivity contribution in [2.75, 3.05) is 45.4 Å². The van der Waals surface area contributed by atoms with Crippen LogP contribution in [0, 0.1) is 11.2 Å². The van der Waals surface area contributed by atoms with E-state index in [1.165, 1.54) is 4.90 Å². The van der Waals surface area contributed by atoms with Crippen LogP contribution in [0.3, 0.4) is 0 Å². The predicted octanol–water partition coefficient (Wildman–Crippen LogP) is 4.90. The quantitative estimate of drug-likeness (QED) is 0.370. The number of carbonyl (C=O) groups excluding carboxylic acids is 1. The van der Waals surface area contributed by atoms with E-state index in [0.717, 1.165) is 0 Å². The summed E-state index contributed by atoms with van der Waals surface area (Å²) in [5.74, 6) is -1.50. The Labute approximate surface area is 234 Å². The number of fused-ring (bicyclic) bond motifs is 1. The summed E-state index contributed by atoms with van der Waals surface area (Å²) in [5, 5.41) is 17.8. The van der Waals surface area contributed by atoms with Crippen molar-refractivity contribution in [3.8, 4) is 17.2 Å². The first-order chi connectivity index (χ1) is 17.8. The number of carboxylic acids is 1. The number of rotatable bonds is 11. The van der Waals surface area contributed by atoms with Crippen molar-refractivity contribution >= 4 is 35.7 Å². The number of aliphatic carboxylic acids is 1. The Morgan fingerprint density at radius 2 is 1.72 bits per heavy atom. The summed E-state index contributed by atoms with van der Waals surface area (Å²) in [6.45, 7) is 9.46. The lowest BCUT2D eigenvalue weighted by molar-refractivity contribution is -0.139. The smallest absolute Gasteiger partial charge is 0.341 e. The molecule has 1 aliphatic heterocycles. The lowest BCUT2D eigenvalue weighted by Crippen LogP contribution is -2.31. The average Bonchev–Trinajstić information content (AvgIpc) is 3.13. The van der Waals surface area contributed by atoms with Gasteiger partial charge >= 0.3 is 5.97 Å². The molecule has 2 N–H and O–H groups in total. The molecule has 214 valence electrons. The predicted molar refractivity (Wildman–Crippen MR) is 150 cm³/mol. The zero-order chi connectivity index (χ0) is 28.4. The van der Waals surface area contributed by atoms with Crippen LogP contribution in [-0.4, -0.2) is 68.1 Å². The van der Waals surface area contributed by atoms with E-state index in [0.29, 0.717) is 34.7 Å². The van der Waals surface area contributed by atoms with Crippen molar-refractivity contribution < 1.29 is 33.3 Å². The van der Waals surface area contributed by atoms with Gasteiger partial charge in [0.15, 0.2) is 29.7 Å². The fourth-order valence-corrected chi connectivity index (χ4v) is 4.37. The molecule has 0 radical (unpaired) electrons. The highest BCUT2D eigenvalue weighted by atomic mass is 35.5. The number of nitrogens with one attached hydrogen (secondary N) is 1. The second-order valence-corrected chi connectivity index (χ2v) is 10.2. The van der Waals surface area contributed by atoms with Crippen LogP contribution in [0.1, 0.15) is 61.7 Å². The van der Waals surface area contributed by atoms with Crippen LogP contribution < -0.4 is 19.1 Å². The molecular formula is C28H37ClFN3O6. The number of benzene rings is 2. The molecular weight excluding hydrogens is 529 g/mol. The Morgan fingerprint density at radius 3 is 2.26 bits per heavy atom. The highest BCUT2D eigenvalue weighted by Gasteiger charge is 2.34. The van der Waals surface area contributed by atoms with E-state index in [4.69, 9.17) is 24.7 Å². The van der Waals surface area contributed by atoms with Crippen molar-refractivity contribution in [1.82, 2.24) is 4.90 Å². The van der Waals surface area contributed by atoms with Crippen molar-refractivity contribution in [2.24, 2.45) is 0 Å². The van der Waals surface area contributed by atoms with Crippen LogP contribution in [0.5, 0.6) is 17.2 Å². The summed E-state index contributed by atoms with van der Waals surface area (Å²) in [4.78, 5) is 28.0. The molecule has 1 aliphatic rings. The van der Waals surface area contributed by atoms with Crippen LogP contribution in [-0.2, 0) is 16.8 Å². The minimum Gasteiger partial charge on any atom is -0.490 e. The molecule has 2 aromatic carbocycles. The molecule has 0 aromatic heterocycles. The molecule has 0 aliphatic carbocycles. The van der Waals surface area contributed by atoms with Gasteiger partial charge in [0.25, 0.3) is 0 Å². The summed E-state index contributed by atoms with van der Waals surface area (Å²) in [6.07, 6.45) is 0. The molecule has 0 saturated carbocycles. The second-order valence-electron chi connectivity index (χ2n) is 10.2. The van der Waals surface area contributed by atoms with Gasteiger partial charge in [0, 0.05) is 31.8 Å². The summed E-state index contributed by atoms with van der Waals surface area (Å²) >= 11 is 0. The first kappa shape index (κ1) is 31.7. The van der Waals surface area contributed by atoms with Crippen LogP contribution in [0.2, 0.25) is 0 Å². The third kappa shape index (κ3) is 6.73. The van der Waals surface area contributed by atoms with Crippen LogP contribution in [0.4, 0.5) is 10.1 Å². The van der Waals surface area contributed by atoms with Crippen LogP contribution in [0.25, 0.3) is 0 Å². The highest BCUT2D eigenvalue weighted by Crippen LogP contribution is 2.41. The minimum absolute atomic E-state index is 0. The van der Waals surface area contributed by atoms with Gasteiger partial charge in [-0.25, -0.2) is 9.18 Å². The van der Waals surface area contributed by atoms with E-state index in [9.17, 15) is 9.59 Å². The van der Waals surface area contributed by atoms with E-state index < -0.39 is 23.8 Å². The van der Waals surface area contributed by atoms with E-state index in [2.05, 4.69) is 0 Å². The number of amidine groups is 1. The van der Waals surface area contributed by atoms with Gasteiger partial charge in [0.05, 0.1) is 31.0 Å². The maximum Gasteiger partial charge on any atom is 0.341 e. The first-order valence-electron chi connectivity index (χ1n) is 12.5. The summed E-state index contributed by atoms with van der Waals surface area (Å²) in [7, 11) is 3.57. The summed E-state index contributed by atoms with van der Waals surface area (Å²) < 4.78 is 32.1. The fourth-order valence-electron chi connectivity index (χ4n) is 4.37. The molecule has 11 heteroatoms. The van der Waals surface area contributed by atoms with E-state index in [1.807, 2.05) is 20.8 Å². The zero-order valence-corrected chi connectivity index (χ0v) is 24.3. The van der Waals surface area contributed by atoms with E-state index >= 15 is 4.39 Å². The fraction of sp³-hybridized carbons (Fsp3) is 0.464. The minimum atomic E-state index is -1.10. The van der Waals surface area contributed by atoms with Crippen LogP contribution in [0.15, 0.2) is 18.2 Å². The number of carbonyl (C=O) groups is 2. The van der Waals surface area contributed by atoms with Gasteiger partial charge in [-0.15, -0.1) is 12.4 Å². The third-order valence-electron chi connectivity index (χ3n) is 6.13. The molecule has 0 atom stereocenters. The first-order valence-corrected chi connectivity index (χ1v) is 12.5. The Morgan fingerprint density at radius 1 is 1.08 bits per heavy atom. The van der Waals surface area contributed by atoms with Gasteiger partial charge in [-0.1, -0.05) is 20.8 Å². The summed E-state index contributed by atoms with van der Waals surface area (Å²) in [6, 6.07) is 5.03. The van der Waals surface area contributed by atoms with Gasteiger partial charge in [-0.2, -0.15) is 0 Å². The van der Waals surface area contributed by atoms with E-state index in [1.54, 1.807) is 51.0 Å². The number of anilines is 1. The maximum atomic E-state index is 15.4. The largest absolute Gasteiger partial charge is 0.490 e. The van der Waals surface area contributed by atoms with Crippen molar-refractivity contribution in [2.45, 2.75) is 46.6 Å². The number of halogens is 2. The molecule has 0 unspecified atom stereocenters. The molecule has 0 saturated heterocycles. The van der Waals surface area contributed by atoms with Crippen molar-refractivity contribution in [1.29, 1.82) is 5.41 Å². The SMILES string of the molecule is CCOc1cc2c(c(F)c1OCC)C(=N)N(CC(=O)c1cc(N(C)C)c(OCC(=O)O)c(C(C)(C)C)c1)C2.Cl. The van der Waals surface area contributed by atoms with Crippen molar-refractivity contribution in [3.63, 3.8) is 0 Å². The zero-order valence-electron chi connectivity index (χ0n) is 23.4. The molecule has 1 heterocycles. The Balaban J connectivity index is 0.00000533. The molecule has 0 fully saturated rings. The number of hydrogen-bond acceptors (Lipinski definition) is 7. The normalized spacial score (nSPS) is 12.5. The van der Waals surface area contributed by atoms with Crippen LogP contribution >= 0.6 is 12.4 Å². The Kier molecular flexibility index (Phi) is 10.2. The van der Waals surface area contributed by atoms with E-state index in [-0.39, 0.29) is 60.8 Å². The second kappa shape index (κ2) is 12.5. The number of ether oxygens (including phenoxy) is 3. The molecule has 0 bridgehead atoms.